The van der Waals surface area contributed by atoms with Crippen LogP contribution in [0, 0.1) is 6.92 Å². The summed E-state index contributed by atoms with van der Waals surface area (Å²) in [6.45, 7) is 4.09. The number of anilines is 1. The Morgan fingerprint density at radius 2 is 2.17 bits per heavy atom. The minimum Gasteiger partial charge on any atom is -0.459 e. The number of imidazole rings is 1. The van der Waals surface area contributed by atoms with Crippen molar-refractivity contribution in [3.05, 3.63) is 41.8 Å². The molecule has 0 atom stereocenters. The minimum atomic E-state index is 0.613. The Hall–Kier alpha value is -2.23. The molecule has 0 fully saturated rings. The van der Waals surface area contributed by atoms with E-state index in [0.717, 1.165) is 29.2 Å². The molecule has 0 radical (unpaired) electrons. The molecular formula is C14H15N3O. The van der Waals surface area contributed by atoms with Crippen molar-refractivity contribution in [1.82, 2.24) is 9.38 Å². The average Bonchev–Trinajstić information content (AvgIpc) is 2.94. The molecule has 2 N–H and O–H groups in total. The topological polar surface area (TPSA) is 56.5 Å². The summed E-state index contributed by atoms with van der Waals surface area (Å²) < 4.78 is 7.58. The molecule has 0 amide bonds. The lowest BCUT2D eigenvalue weighted by Gasteiger charge is -1.97. The number of fused-ring (bicyclic) bond motifs is 1. The molecule has 0 unspecified atom stereocenters. The van der Waals surface area contributed by atoms with Gasteiger partial charge in [-0.05, 0) is 36.8 Å². The molecule has 0 saturated heterocycles. The average molecular weight is 241 g/mol. The summed E-state index contributed by atoms with van der Waals surface area (Å²) >= 11 is 0. The summed E-state index contributed by atoms with van der Waals surface area (Å²) in [6, 6.07) is 7.89. The first kappa shape index (κ1) is 10.9. The molecule has 4 nitrogen and oxygen atoms in total. The molecule has 4 heteroatoms. The van der Waals surface area contributed by atoms with Gasteiger partial charge in [-0.15, -0.1) is 0 Å². The van der Waals surface area contributed by atoms with Gasteiger partial charge >= 0.3 is 0 Å². The van der Waals surface area contributed by atoms with E-state index in [9.17, 15) is 0 Å². The number of aryl methyl sites for hydroxylation is 2. The summed E-state index contributed by atoms with van der Waals surface area (Å²) in [6.07, 6.45) is 2.80. The van der Waals surface area contributed by atoms with Crippen LogP contribution in [0.25, 0.3) is 17.1 Å². The van der Waals surface area contributed by atoms with Crippen LogP contribution >= 0.6 is 0 Å². The van der Waals surface area contributed by atoms with Gasteiger partial charge in [-0.25, -0.2) is 4.98 Å². The Morgan fingerprint density at radius 1 is 1.33 bits per heavy atom. The van der Waals surface area contributed by atoms with E-state index >= 15 is 0 Å². The number of rotatable bonds is 2. The fraction of sp³-hybridized carbons (Fsp3) is 0.214. The van der Waals surface area contributed by atoms with Crippen LogP contribution in [0.2, 0.25) is 0 Å². The highest BCUT2D eigenvalue weighted by Crippen LogP contribution is 2.28. The molecule has 3 rings (SSSR count). The van der Waals surface area contributed by atoms with Gasteiger partial charge in [-0.1, -0.05) is 6.92 Å². The third-order valence-corrected chi connectivity index (χ3v) is 3.06. The molecule has 3 aromatic rings. The fourth-order valence-electron chi connectivity index (χ4n) is 2.04. The molecule has 0 spiro atoms. The number of aromatic nitrogens is 2. The van der Waals surface area contributed by atoms with Gasteiger partial charge in [0.05, 0.1) is 0 Å². The largest absolute Gasteiger partial charge is 0.459 e. The number of furan rings is 1. The maximum absolute atomic E-state index is 6.11. The van der Waals surface area contributed by atoms with Crippen LogP contribution in [0.3, 0.4) is 0 Å². The Labute approximate surface area is 105 Å². The molecule has 0 aliphatic carbocycles. The first-order valence-electron chi connectivity index (χ1n) is 6.02. The summed E-state index contributed by atoms with van der Waals surface area (Å²) in [5.74, 6) is 2.28. The van der Waals surface area contributed by atoms with Crippen molar-refractivity contribution in [2.24, 2.45) is 0 Å². The van der Waals surface area contributed by atoms with Crippen LogP contribution in [0.5, 0.6) is 0 Å². The van der Waals surface area contributed by atoms with E-state index in [2.05, 4.69) is 11.9 Å². The van der Waals surface area contributed by atoms with Gasteiger partial charge in [0.1, 0.15) is 22.9 Å². The molecule has 0 bridgehead atoms. The van der Waals surface area contributed by atoms with Crippen molar-refractivity contribution in [1.29, 1.82) is 0 Å². The van der Waals surface area contributed by atoms with Gasteiger partial charge in [0, 0.05) is 12.6 Å². The smallest absolute Gasteiger partial charge is 0.156 e. The van der Waals surface area contributed by atoms with E-state index in [-0.39, 0.29) is 0 Å². The van der Waals surface area contributed by atoms with Crippen LogP contribution in [-0.2, 0) is 6.42 Å². The van der Waals surface area contributed by atoms with Gasteiger partial charge in [-0.3, -0.25) is 4.40 Å². The second-order valence-corrected chi connectivity index (χ2v) is 4.40. The quantitative estimate of drug-likeness (QED) is 0.750. The summed E-state index contributed by atoms with van der Waals surface area (Å²) in [4.78, 5) is 4.54. The first-order valence-corrected chi connectivity index (χ1v) is 6.02. The predicted octanol–water partition coefficient (Wildman–Crippen LogP) is 3.05. The Balaban J connectivity index is 2.20. The highest BCUT2D eigenvalue weighted by Gasteiger charge is 2.14. The molecule has 92 valence electrons. The fourth-order valence-corrected chi connectivity index (χ4v) is 2.04. The lowest BCUT2D eigenvalue weighted by atomic mass is 10.3. The standard InChI is InChI=1S/C14H15N3O/c1-3-10-4-5-11(18-10)13-14(15)17-7-6-9(2)8-12(17)16-13/h4-8H,3,15H2,1-2H3. The lowest BCUT2D eigenvalue weighted by molar-refractivity contribution is 0.528. The number of nitrogens with two attached hydrogens (primary N) is 1. The molecule has 3 aromatic heterocycles. The normalized spacial score (nSPS) is 11.2. The van der Waals surface area contributed by atoms with Crippen LogP contribution in [-0.4, -0.2) is 9.38 Å². The maximum Gasteiger partial charge on any atom is 0.156 e. The predicted molar refractivity (Wildman–Crippen MR) is 71.4 cm³/mol. The zero-order chi connectivity index (χ0) is 12.7. The van der Waals surface area contributed by atoms with E-state index in [0.29, 0.717) is 11.5 Å². The summed E-state index contributed by atoms with van der Waals surface area (Å²) in [7, 11) is 0. The van der Waals surface area contributed by atoms with Gasteiger partial charge < -0.3 is 10.2 Å². The van der Waals surface area contributed by atoms with E-state index in [1.165, 1.54) is 0 Å². The zero-order valence-corrected chi connectivity index (χ0v) is 10.5. The number of pyridine rings is 1. The van der Waals surface area contributed by atoms with Crippen molar-refractivity contribution in [2.45, 2.75) is 20.3 Å². The number of hydrogen-bond donors (Lipinski definition) is 1. The Kier molecular flexibility index (Phi) is 2.37. The lowest BCUT2D eigenvalue weighted by Crippen LogP contribution is -1.93. The molecule has 3 heterocycles. The maximum atomic E-state index is 6.11. The summed E-state index contributed by atoms with van der Waals surface area (Å²) in [5, 5.41) is 0. The van der Waals surface area contributed by atoms with E-state index in [4.69, 9.17) is 10.2 Å². The molecule has 18 heavy (non-hydrogen) atoms. The van der Waals surface area contributed by atoms with Gasteiger partial charge in [0.15, 0.2) is 5.76 Å². The monoisotopic (exact) mass is 241 g/mol. The second kappa shape index (κ2) is 3.91. The third kappa shape index (κ3) is 1.57. The van der Waals surface area contributed by atoms with E-state index < -0.39 is 0 Å². The Morgan fingerprint density at radius 3 is 2.89 bits per heavy atom. The van der Waals surface area contributed by atoms with Gasteiger partial charge in [0.25, 0.3) is 0 Å². The number of nitrogens with zero attached hydrogens (tertiary/aromatic N) is 2. The van der Waals surface area contributed by atoms with E-state index in [1.807, 2.05) is 41.8 Å². The van der Waals surface area contributed by atoms with Crippen LogP contribution in [0.1, 0.15) is 18.2 Å². The van der Waals surface area contributed by atoms with Crippen LogP contribution in [0.4, 0.5) is 5.82 Å². The minimum absolute atomic E-state index is 0.613. The second-order valence-electron chi connectivity index (χ2n) is 4.40. The van der Waals surface area contributed by atoms with Crippen molar-refractivity contribution >= 4 is 11.5 Å². The Bertz CT molecular complexity index is 709. The highest BCUT2D eigenvalue weighted by molar-refractivity contribution is 5.71. The van der Waals surface area contributed by atoms with E-state index in [1.54, 1.807) is 0 Å². The highest BCUT2D eigenvalue weighted by atomic mass is 16.3. The molecule has 0 saturated carbocycles. The zero-order valence-electron chi connectivity index (χ0n) is 10.5. The molecule has 0 aromatic carbocycles. The van der Waals surface area contributed by atoms with Gasteiger partial charge in [0.2, 0.25) is 0 Å². The van der Waals surface area contributed by atoms with Crippen LogP contribution < -0.4 is 5.73 Å². The molecule has 0 aliphatic rings. The number of hydrogen-bond acceptors (Lipinski definition) is 3. The summed E-state index contributed by atoms with van der Waals surface area (Å²) in [5.41, 5.74) is 8.83. The number of nitrogen functional groups attached to an aromatic ring is 1. The van der Waals surface area contributed by atoms with Crippen molar-refractivity contribution in [3.8, 4) is 11.5 Å². The van der Waals surface area contributed by atoms with Crippen molar-refractivity contribution in [3.63, 3.8) is 0 Å². The molecule has 0 aliphatic heterocycles. The van der Waals surface area contributed by atoms with Crippen molar-refractivity contribution < 1.29 is 4.42 Å². The third-order valence-electron chi connectivity index (χ3n) is 3.06. The first-order chi connectivity index (χ1) is 8.69. The molecular weight excluding hydrogens is 226 g/mol. The van der Waals surface area contributed by atoms with Gasteiger partial charge in [-0.2, -0.15) is 0 Å². The van der Waals surface area contributed by atoms with Crippen molar-refractivity contribution in [2.75, 3.05) is 5.73 Å². The SMILES string of the molecule is CCc1ccc(-c2nc3cc(C)ccn3c2N)o1. The van der Waals surface area contributed by atoms with Crippen LogP contribution in [0.15, 0.2) is 34.9 Å².